The van der Waals surface area contributed by atoms with Crippen molar-refractivity contribution in [2.24, 2.45) is 0 Å². The van der Waals surface area contributed by atoms with Gasteiger partial charge in [0.1, 0.15) is 11.4 Å². The second kappa shape index (κ2) is 5.79. The Morgan fingerprint density at radius 3 is 2.37 bits per heavy atom. The highest BCUT2D eigenvalue weighted by atomic mass is 16.5. The first-order valence-corrected chi connectivity index (χ1v) is 5.82. The van der Waals surface area contributed by atoms with E-state index in [4.69, 9.17) is 4.74 Å². The van der Waals surface area contributed by atoms with E-state index in [-0.39, 0.29) is 11.8 Å². The van der Waals surface area contributed by atoms with Gasteiger partial charge in [-0.15, -0.1) is 0 Å². The Morgan fingerprint density at radius 2 is 1.95 bits per heavy atom. The number of aromatic nitrogens is 1. The minimum atomic E-state index is -0.931. The van der Waals surface area contributed by atoms with Gasteiger partial charge >= 0.3 is 0 Å². The summed E-state index contributed by atoms with van der Waals surface area (Å²) in [5, 5.41) is 2.63. The van der Waals surface area contributed by atoms with Gasteiger partial charge in [-0.05, 0) is 26.0 Å². The third-order valence-corrected chi connectivity index (χ3v) is 2.72. The van der Waals surface area contributed by atoms with Crippen LogP contribution in [0.25, 0.3) is 0 Å². The maximum absolute atomic E-state index is 11.8. The van der Waals surface area contributed by atoms with E-state index in [1.807, 2.05) is 0 Å². The zero-order valence-electron chi connectivity index (χ0n) is 11.9. The number of anilines is 1. The van der Waals surface area contributed by atoms with Crippen LogP contribution in [0.3, 0.4) is 0 Å². The number of rotatable bonds is 4. The monoisotopic (exact) mass is 265 g/mol. The average Bonchev–Trinajstić information content (AvgIpc) is 2.38. The fourth-order valence-electron chi connectivity index (χ4n) is 1.21. The topological polar surface area (TPSA) is 71.5 Å². The number of nitrogens with one attached hydrogen (secondary N) is 1. The summed E-state index contributed by atoms with van der Waals surface area (Å²) in [5.41, 5.74) is -0.464. The van der Waals surface area contributed by atoms with Crippen molar-refractivity contribution in [2.75, 3.05) is 26.5 Å². The Balaban J connectivity index is 2.78. The Kier molecular flexibility index (Phi) is 4.61. The van der Waals surface area contributed by atoms with E-state index in [9.17, 15) is 9.59 Å². The molecule has 104 valence electrons. The summed E-state index contributed by atoms with van der Waals surface area (Å²) in [6, 6.07) is 3.20. The first-order valence-electron chi connectivity index (χ1n) is 5.82. The molecule has 0 saturated heterocycles. The normalized spacial score (nSPS) is 11.0. The molecule has 0 aliphatic carbocycles. The summed E-state index contributed by atoms with van der Waals surface area (Å²) in [4.78, 5) is 29.0. The quantitative estimate of drug-likeness (QED) is 0.886. The molecule has 0 atom stereocenters. The van der Waals surface area contributed by atoms with Crippen LogP contribution in [0, 0.1) is 0 Å². The second-order valence-electron chi connectivity index (χ2n) is 4.80. The lowest BCUT2D eigenvalue weighted by molar-refractivity contribution is -0.133. The van der Waals surface area contributed by atoms with Crippen LogP contribution < -0.4 is 5.32 Å². The van der Waals surface area contributed by atoms with Gasteiger partial charge in [-0.3, -0.25) is 9.59 Å². The smallest absolute Gasteiger partial charge is 0.257 e. The van der Waals surface area contributed by atoms with Crippen molar-refractivity contribution in [1.29, 1.82) is 0 Å². The summed E-state index contributed by atoms with van der Waals surface area (Å²) >= 11 is 0. The molecule has 1 aromatic heterocycles. The van der Waals surface area contributed by atoms with Crippen molar-refractivity contribution < 1.29 is 14.3 Å². The van der Waals surface area contributed by atoms with E-state index < -0.39 is 5.60 Å². The minimum absolute atomic E-state index is 0.136. The van der Waals surface area contributed by atoms with Crippen LogP contribution in [-0.2, 0) is 9.53 Å². The SMILES string of the molecule is COC(C)(C)C(=O)Nc1ccc(C(=O)N(C)C)cn1. The van der Waals surface area contributed by atoms with Crippen molar-refractivity contribution in [1.82, 2.24) is 9.88 Å². The summed E-state index contributed by atoms with van der Waals surface area (Å²) in [5.74, 6) is -0.0535. The number of carbonyl (C=O) groups is 2. The molecule has 0 unspecified atom stereocenters. The molecule has 0 aromatic carbocycles. The van der Waals surface area contributed by atoms with Gasteiger partial charge in [0.2, 0.25) is 0 Å². The van der Waals surface area contributed by atoms with Crippen molar-refractivity contribution in [3.8, 4) is 0 Å². The molecule has 0 saturated carbocycles. The number of hydrogen-bond acceptors (Lipinski definition) is 4. The largest absolute Gasteiger partial charge is 0.369 e. The Hall–Kier alpha value is -1.95. The summed E-state index contributed by atoms with van der Waals surface area (Å²) in [6.45, 7) is 3.32. The first-order chi connectivity index (χ1) is 8.77. The third kappa shape index (κ3) is 3.75. The standard InChI is InChI=1S/C13H19N3O3/c1-13(2,19-5)12(18)15-10-7-6-9(8-14-10)11(17)16(3)4/h6-8H,1-5H3,(H,14,15,18). The number of methoxy groups -OCH3 is 1. The zero-order valence-corrected chi connectivity index (χ0v) is 11.9. The number of hydrogen-bond donors (Lipinski definition) is 1. The van der Waals surface area contributed by atoms with Crippen molar-refractivity contribution in [3.05, 3.63) is 23.9 Å². The van der Waals surface area contributed by atoms with E-state index >= 15 is 0 Å². The molecule has 6 heteroatoms. The maximum atomic E-state index is 11.8. The number of nitrogens with zero attached hydrogens (tertiary/aromatic N) is 2. The minimum Gasteiger partial charge on any atom is -0.369 e. The molecule has 1 rings (SSSR count). The highest BCUT2D eigenvalue weighted by molar-refractivity contribution is 5.97. The van der Waals surface area contributed by atoms with Crippen LogP contribution in [0.5, 0.6) is 0 Å². The Labute approximate surface area is 112 Å². The van der Waals surface area contributed by atoms with Gasteiger partial charge in [0.15, 0.2) is 0 Å². The number of pyridine rings is 1. The van der Waals surface area contributed by atoms with Crippen LogP contribution in [0.1, 0.15) is 24.2 Å². The van der Waals surface area contributed by atoms with E-state index in [0.717, 1.165) is 0 Å². The van der Waals surface area contributed by atoms with Crippen LogP contribution in [0.4, 0.5) is 5.82 Å². The van der Waals surface area contributed by atoms with Crippen LogP contribution in [-0.4, -0.2) is 48.5 Å². The Morgan fingerprint density at radius 1 is 1.32 bits per heavy atom. The molecule has 0 radical (unpaired) electrons. The molecule has 0 bridgehead atoms. The van der Waals surface area contributed by atoms with Crippen molar-refractivity contribution >= 4 is 17.6 Å². The van der Waals surface area contributed by atoms with E-state index in [1.54, 1.807) is 40.1 Å². The molecule has 1 aromatic rings. The first kappa shape index (κ1) is 15.1. The molecule has 0 fully saturated rings. The van der Waals surface area contributed by atoms with E-state index in [1.165, 1.54) is 18.2 Å². The van der Waals surface area contributed by atoms with E-state index in [2.05, 4.69) is 10.3 Å². The summed E-state index contributed by atoms with van der Waals surface area (Å²) in [7, 11) is 4.80. The lowest BCUT2D eigenvalue weighted by Gasteiger charge is -2.21. The Bertz CT molecular complexity index is 467. The summed E-state index contributed by atoms with van der Waals surface area (Å²) in [6.07, 6.45) is 1.43. The number of amides is 2. The zero-order chi connectivity index (χ0) is 14.6. The van der Waals surface area contributed by atoms with E-state index in [0.29, 0.717) is 11.4 Å². The molecule has 2 amide bonds. The van der Waals surface area contributed by atoms with Gasteiger partial charge in [0.25, 0.3) is 11.8 Å². The molecule has 6 nitrogen and oxygen atoms in total. The fraction of sp³-hybridized carbons (Fsp3) is 0.462. The highest BCUT2D eigenvalue weighted by Crippen LogP contribution is 2.12. The third-order valence-electron chi connectivity index (χ3n) is 2.72. The van der Waals surface area contributed by atoms with Crippen LogP contribution in [0.2, 0.25) is 0 Å². The van der Waals surface area contributed by atoms with Gasteiger partial charge in [0, 0.05) is 27.4 Å². The molecular formula is C13H19N3O3. The van der Waals surface area contributed by atoms with Crippen molar-refractivity contribution in [3.63, 3.8) is 0 Å². The number of carbonyl (C=O) groups excluding carboxylic acids is 2. The van der Waals surface area contributed by atoms with Crippen molar-refractivity contribution in [2.45, 2.75) is 19.4 Å². The second-order valence-corrected chi connectivity index (χ2v) is 4.80. The van der Waals surface area contributed by atoms with Gasteiger partial charge in [-0.2, -0.15) is 0 Å². The molecule has 0 aliphatic rings. The van der Waals surface area contributed by atoms with Gasteiger partial charge < -0.3 is 15.0 Å². The fourth-order valence-corrected chi connectivity index (χ4v) is 1.21. The van der Waals surface area contributed by atoms with Gasteiger partial charge in [-0.25, -0.2) is 4.98 Å². The van der Waals surface area contributed by atoms with Crippen LogP contribution in [0.15, 0.2) is 18.3 Å². The maximum Gasteiger partial charge on any atom is 0.257 e. The molecule has 1 N–H and O–H groups in total. The average molecular weight is 265 g/mol. The number of ether oxygens (including phenoxy) is 1. The predicted molar refractivity (Wildman–Crippen MR) is 72.0 cm³/mol. The van der Waals surface area contributed by atoms with Gasteiger partial charge in [-0.1, -0.05) is 0 Å². The van der Waals surface area contributed by atoms with Crippen LogP contribution >= 0.6 is 0 Å². The molecule has 0 spiro atoms. The molecular weight excluding hydrogens is 246 g/mol. The lowest BCUT2D eigenvalue weighted by atomic mass is 10.1. The molecule has 19 heavy (non-hydrogen) atoms. The summed E-state index contributed by atoms with van der Waals surface area (Å²) < 4.78 is 5.06. The molecule has 0 aliphatic heterocycles. The van der Waals surface area contributed by atoms with Gasteiger partial charge in [0.05, 0.1) is 5.56 Å². The molecule has 1 heterocycles. The highest BCUT2D eigenvalue weighted by Gasteiger charge is 2.27. The lowest BCUT2D eigenvalue weighted by Crippen LogP contribution is -2.39. The predicted octanol–water partition coefficient (Wildman–Crippen LogP) is 1.15.